The summed E-state index contributed by atoms with van der Waals surface area (Å²) < 4.78 is 0. The maximum atomic E-state index is 4.66. The van der Waals surface area contributed by atoms with E-state index in [1.807, 2.05) is 24.5 Å². The van der Waals surface area contributed by atoms with Gasteiger partial charge in [-0.2, -0.15) is 0 Å². The van der Waals surface area contributed by atoms with Crippen LogP contribution >= 0.6 is 0 Å². The smallest absolute Gasteiger partial charge is 0.0704 e. The Morgan fingerprint density at radius 2 is 0.750 bits per heavy atom. The fourth-order valence-corrected chi connectivity index (χ4v) is 5.81. The van der Waals surface area contributed by atoms with Crippen molar-refractivity contribution in [3.63, 3.8) is 0 Å². The molecule has 40 heavy (non-hydrogen) atoms. The van der Waals surface area contributed by atoms with E-state index < -0.39 is 0 Å². The first-order valence-electron chi connectivity index (χ1n) is 13.7. The lowest BCUT2D eigenvalue weighted by molar-refractivity contribution is 1.29. The Morgan fingerprint density at radius 3 is 1.12 bits per heavy atom. The van der Waals surface area contributed by atoms with Crippen LogP contribution in [-0.4, -0.2) is 9.97 Å². The van der Waals surface area contributed by atoms with Crippen molar-refractivity contribution in [2.24, 2.45) is 0 Å². The lowest BCUT2D eigenvalue weighted by Gasteiger charge is -2.18. The van der Waals surface area contributed by atoms with E-state index in [9.17, 15) is 0 Å². The van der Waals surface area contributed by atoms with Gasteiger partial charge in [-0.05, 0) is 105 Å². The maximum absolute atomic E-state index is 4.66. The van der Waals surface area contributed by atoms with Crippen LogP contribution in [0.3, 0.4) is 0 Å². The number of aromatic nitrogens is 2. The molecule has 2 heteroatoms. The predicted molar refractivity (Wildman–Crippen MR) is 168 cm³/mol. The molecule has 2 heterocycles. The fraction of sp³-hybridized carbons (Fsp3) is 0.0526. The standard InChI is InChI=1S/C38H28N2/c1-25-17-19-39-35(21-25)27-9-7-11-29(23-27)37-31-13-3-5-15-33(31)38(34-16-6-4-14-32(34)37)30-12-8-10-28(24-30)36-22-26(2)18-20-40-36/h3-24H,1-2H3. The summed E-state index contributed by atoms with van der Waals surface area (Å²) in [5.74, 6) is 0. The molecular formula is C38H28N2. The first-order chi connectivity index (χ1) is 19.7. The zero-order chi connectivity index (χ0) is 27.1. The molecule has 2 nitrogen and oxygen atoms in total. The van der Waals surface area contributed by atoms with Gasteiger partial charge in [0.1, 0.15) is 0 Å². The second-order valence-electron chi connectivity index (χ2n) is 10.4. The van der Waals surface area contributed by atoms with E-state index in [2.05, 4.69) is 133 Å². The Bertz CT molecular complexity index is 1830. The zero-order valence-electron chi connectivity index (χ0n) is 22.6. The summed E-state index contributed by atoms with van der Waals surface area (Å²) in [6, 6.07) is 43.5. The number of aryl methyl sites for hydroxylation is 2. The van der Waals surface area contributed by atoms with Gasteiger partial charge in [-0.1, -0.05) is 84.9 Å². The maximum Gasteiger partial charge on any atom is 0.0704 e. The molecule has 0 radical (unpaired) electrons. The summed E-state index contributed by atoms with van der Waals surface area (Å²) in [5, 5.41) is 4.96. The van der Waals surface area contributed by atoms with E-state index in [-0.39, 0.29) is 0 Å². The Hall–Kier alpha value is -5.08. The van der Waals surface area contributed by atoms with Gasteiger partial charge in [0, 0.05) is 23.5 Å². The van der Waals surface area contributed by atoms with E-state index >= 15 is 0 Å². The summed E-state index contributed by atoms with van der Waals surface area (Å²) in [6.45, 7) is 4.22. The Morgan fingerprint density at radius 1 is 0.375 bits per heavy atom. The average Bonchev–Trinajstić information content (AvgIpc) is 3.00. The zero-order valence-corrected chi connectivity index (χ0v) is 22.6. The minimum atomic E-state index is 0.994. The molecule has 7 aromatic rings. The highest BCUT2D eigenvalue weighted by Crippen LogP contribution is 2.44. The van der Waals surface area contributed by atoms with Gasteiger partial charge in [0.25, 0.3) is 0 Å². The molecule has 0 bridgehead atoms. The minimum absolute atomic E-state index is 0.994. The van der Waals surface area contributed by atoms with Crippen LogP contribution in [0.2, 0.25) is 0 Å². The molecule has 0 fully saturated rings. The molecule has 190 valence electrons. The molecule has 0 amide bonds. The molecule has 0 saturated heterocycles. The SMILES string of the molecule is Cc1ccnc(-c2cccc(-c3c4ccccc4c(-c4cccc(-c5cc(C)ccn5)c4)c4ccccc34)c2)c1. The van der Waals surface area contributed by atoms with E-state index in [4.69, 9.17) is 0 Å². The third-order valence-electron chi connectivity index (χ3n) is 7.66. The average molecular weight is 513 g/mol. The molecule has 0 aliphatic heterocycles. The number of rotatable bonds is 4. The van der Waals surface area contributed by atoms with Gasteiger partial charge >= 0.3 is 0 Å². The van der Waals surface area contributed by atoms with Crippen molar-refractivity contribution < 1.29 is 0 Å². The summed E-state index contributed by atoms with van der Waals surface area (Å²) in [6.07, 6.45) is 3.77. The van der Waals surface area contributed by atoms with Crippen molar-refractivity contribution in [2.45, 2.75) is 13.8 Å². The lowest BCUT2D eigenvalue weighted by Crippen LogP contribution is -1.92. The van der Waals surface area contributed by atoms with Crippen molar-refractivity contribution in [3.8, 4) is 44.8 Å². The third-order valence-corrected chi connectivity index (χ3v) is 7.66. The molecule has 5 aromatic carbocycles. The number of hydrogen-bond acceptors (Lipinski definition) is 2. The molecule has 7 rings (SSSR count). The van der Waals surface area contributed by atoms with E-state index in [0.29, 0.717) is 0 Å². The first-order valence-corrected chi connectivity index (χ1v) is 13.7. The summed E-state index contributed by atoms with van der Waals surface area (Å²) in [5.41, 5.74) is 11.5. The number of fused-ring (bicyclic) bond motifs is 2. The van der Waals surface area contributed by atoms with Crippen LogP contribution in [0.1, 0.15) is 11.1 Å². The van der Waals surface area contributed by atoms with Gasteiger partial charge in [0.05, 0.1) is 11.4 Å². The second kappa shape index (κ2) is 9.91. The molecular weight excluding hydrogens is 484 g/mol. The van der Waals surface area contributed by atoms with Crippen LogP contribution in [0.4, 0.5) is 0 Å². The third kappa shape index (κ3) is 4.24. The summed E-state index contributed by atoms with van der Waals surface area (Å²) in [7, 11) is 0. The highest BCUT2D eigenvalue weighted by Gasteiger charge is 2.17. The van der Waals surface area contributed by atoms with Crippen LogP contribution in [0.5, 0.6) is 0 Å². The first kappa shape index (κ1) is 24.0. The number of benzene rings is 5. The minimum Gasteiger partial charge on any atom is -0.256 e. The Balaban J connectivity index is 1.49. The largest absolute Gasteiger partial charge is 0.256 e. The van der Waals surface area contributed by atoms with Crippen LogP contribution in [0, 0.1) is 13.8 Å². The molecule has 0 aliphatic carbocycles. The number of hydrogen-bond donors (Lipinski definition) is 0. The number of nitrogens with zero attached hydrogens (tertiary/aromatic N) is 2. The molecule has 0 saturated carbocycles. The molecule has 0 unspecified atom stereocenters. The van der Waals surface area contributed by atoms with E-state index in [1.54, 1.807) is 0 Å². The monoisotopic (exact) mass is 512 g/mol. The van der Waals surface area contributed by atoms with Gasteiger partial charge < -0.3 is 0 Å². The van der Waals surface area contributed by atoms with Gasteiger partial charge in [0.15, 0.2) is 0 Å². The highest BCUT2D eigenvalue weighted by atomic mass is 14.7. The van der Waals surface area contributed by atoms with Crippen molar-refractivity contribution >= 4 is 21.5 Å². The quantitative estimate of drug-likeness (QED) is 0.219. The van der Waals surface area contributed by atoms with Gasteiger partial charge in [0.2, 0.25) is 0 Å². The van der Waals surface area contributed by atoms with Crippen LogP contribution < -0.4 is 0 Å². The summed E-state index contributed by atoms with van der Waals surface area (Å²) >= 11 is 0. The molecule has 0 atom stereocenters. The normalized spacial score (nSPS) is 11.2. The number of pyridine rings is 2. The molecule has 0 N–H and O–H groups in total. The van der Waals surface area contributed by atoms with Crippen molar-refractivity contribution in [1.29, 1.82) is 0 Å². The van der Waals surface area contributed by atoms with Crippen molar-refractivity contribution in [2.75, 3.05) is 0 Å². The lowest BCUT2D eigenvalue weighted by atomic mass is 9.85. The summed E-state index contributed by atoms with van der Waals surface area (Å²) in [4.78, 5) is 9.31. The van der Waals surface area contributed by atoms with Gasteiger partial charge in [-0.3, -0.25) is 9.97 Å². The van der Waals surface area contributed by atoms with Crippen LogP contribution in [-0.2, 0) is 0 Å². The van der Waals surface area contributed by atoms with Crippen LogP contribution in [0.25, 0.3) is 66.3 Å². The van der Waals surface area contributed by atoms with Gasteiger partial charge in [-0.15, -0.1) is 0 Å². The molecule has 0 aliphatic rings. The molecule has 0 spiro atoms. The highest BCUT2D eigenvalue weighted by molar-refractivity contribution is 6.21. The Kier molecular flexibility index (Phi) is 5.94. The van der Waals surface area contributed by atoms with Crippen molar-refractivity contribution in [1.82, 2.24) is 9.97 Å². The Labute approximate surface area is 234 Å². The molecule has 2 aromatic heterocycles. The second-order valence-corrected chi connectivity index (χ2v) is 10.4. The predicted octanol–water partition coefficient (Wildman–Crippen LogP) is 10.1. The van der Waals surface area contributed by atoms with E-state index in [0.717, 1.165) is 22.5 Å². The van der Waals surface area contributed by atoms with Crippen molar-refractivity contribution in [3.05, 3.63) is 145 Å². The fourth-order valence-electron chi connectivity index (χ4n) is 5.81. The van der Waals surface area contributed by atoms with Crippen LogP contribution in [0.15, 0.2) is 134 Å². The topological polar surface area (TPSA) is 25.8 Å². The van der Waals surface area contributed by atoms with E-state index in [1.165, 1.54) is 54.9 Å². The van der Waals surface area contributed by atoms with Gasteiger partial charge in [-0.25, -0.2) is 0 Å².